The molecule has 0 saturated carbocycles. The molecule has 1 aliphatic rings. The summed E-state index contributed by atoms with van der Waals surface area (Å²) in [6, 6.07) is -4.74. The van der Waals surface area contributed by atoms with Gasteiger partial charge in [0.25, 0.3) is 0 Å². The Kier molecular flexibility index (Phi) is 15.5. The highest BCUT2D eigenvalue weighted by molar-refractivity contribution is 5.86. The molecule has 2 aromatic heterocycles. The third-order valence-electron chi connectivity index (χ3n) is 9.41. The molecule has 2 aromatic rings. The molecule has 3 unspecified atom stereocenters. The lowest BCUT2D eigenvalue weighted by Crippen LogP contribution is -2.54. The van der Waals surface area contributed by atoms with Crippen LogP contribution in [0.2, 0.25) is 0 Å². The summed E-state index contributed by atoms with van der Waals surface area (Å²) < 4.78 is 7.82. The van der Waals surface area contributed by atoms with E-state index >= 15 is 0 Å². The Bertz CT molecular complexity index is 1630. The fourth-order valence-corrected chi connectivity index (χ4v) is 6.53. The molecule has 0 spiro atoms. The van der Waals surface area contributed by atoms with Crippen molar-refractivity contribution in [1.29, 1.82) is 0 Å². The molecular weight excluding hydrogens is 714 g/mol. The van der Waals surface area contributed by atoms with Crippen molar-refractivity contribution < 1.29 is 72.7 Å². The number of urea groups is 1. The number of carbonyl (C=O) groups is 7. The molecule has 0 saturated heterocycles. The van der Waals surface area contributed by atoms with Gasteiger partial charge in [-0.25, -0.2) is 33.1 Å². The highest BCUT2D eigenvalue weighted by Gasteiger charge is 2.41. The van der Waals surface area contributed by atoms with E-state index < -0.39 is 60.4 Å². The summed E-state index contributed by atoms with van der Waals surface area (Å²) in [7, 11) is 2.03. The van der Waals surface area contributed by atoms with Crippen molar-refractivity contribution in [2.75, 3.05) is 20.1 Å². The monoisotopic (exact) mass is 766 g/mol. The minimum absolute atomic E-state index is 0.0183. The first-order chi connectivity index (χ1) is 25.4. The van der Waals surface area contributed by atoms with Crippen molar-refractivity contribution in [2.24, 2.45) is 5.73 Å². The van der Waals surface area contributed by atoms with E-state index in [0.29, 0.717) is 49.8 Å². The molecule has 0 radical (unpaired) electrons. The summed E-state index contributed by atoms with van der Waals surface area (Å²) in [6.07, 6.45) is 8.26. The van der Waals surface area contributed by atoms with Gasteiger partial charge in [0, 0.05) is 19.9 Å². The second-order valence-electron chi connectivity index (χ2n) is 13.8. The minimum atomic E-state index is -1.51. The Morgan fingerprint density at radius 1 is 0.778 bits per heavy atom. The molecule has 3 rings (SSSR count). The van der Waals surface area contributed by atoms with Gasteiger partial charge in [0.1, 0.15) is 36.9 Å². The lowest BCUT2D eigenvalue weighted by Gasteiger charge is -2.34. The normalized spacial score (nSPS) is 18.1. The summed E-state index contributed by atoms with van der Waals surface area (Å²) in [4.78, 5) is 81.8. The average molecular weight is 767 g/mol. The molecule has 10 N–H and O–H groups in total. The van der Waals surface area contributed by atoms with E-state index in [4.69, 9.17) is 10.8 Å². The molecule has 0 bridgehead atoms. The number of hydrogen-bond donors (Lipinski definition) is 9. The molecule has 3 amide bonds. The van der Waals surface area contributed by atoms with Crippen LogP contribution in [0.4, 0.5) is 4.79 Å². The summed E-state index contributed by atoms with van der Waals surface area (Å²) in [5, 5.41) is 53.5. The second kappa shape index (κ2) is 19.5. The zero-order chi connectivity index (χ0) is 40.2. The molecule has 1 aliphatic heterocycles. The first-order valence-electron chi connectivity index (χ1n) is 17.6. The van der Waals surface area contributed by atoms with Gasteiger partial charge in [-0.2, -0.15) is 9.13 Å². The highest BCUT2D eigenvalue weighted by atomic mass is 16.4. The first-order valence-corrected chi connectivity index (χ1v) is 17.6. The Morgan fingerprint density at radius 2 is 1.28 bits per heavy atom. The van der Waals surface area contributed by atoms with Gasteiger partial charge in [0.2, 0.25) is 12.1 Å². The third-order valence-corrected chi connectivity index (χ3v) is 9.41. The average Bonchev–Trinajstić information content (AvgIpc) is 3.64. The Balaban J connectivity index is 1.50. The number of quaternary nitrogens is 1. The molecule has 0 aromatic carbocycles. The SMILES string of the molecule is CC1n2cc[n+](CC(=O)O)c2C[N+](C)(CCCCC(N)C(=O)NCCCCC(NC(=O)NC(CCC(=O)O)C(=O)O)C(=O)O)Cc2n1cc[n+]2CC(=O)O. The number of aromatic nitrogens is 4. The zero-order valence-corrected chi connectivity index (χ0v) is 30.4. The van der Waals surface area contributed by atoms with E-state index in [2.05, 4.69) is 16.0 Å². The number of carboxylic acids is 5. The molecule has 298 valence electrons. The lowest BCUT2D eigenvalue weighted by molar-refractivity contribution is -0.952. The molecule has 0 aliphatic carbocycles. The number of aliphatic carboxylic acids is 5. The minimum Gasteiger partial charge on any atom is -0.481 e. The number of nitrogens with zero attached hydrogens (tertiary/aromatic N) is 5. The molecule has 3 heterocycles. The fraction of sp³-hybridized carbons (Fsp3) is 0.606. The van der Waals surface area contributed by atoms with Crippen LogP contribution in [0.1, 0.15) is 76.1 Å². The quantitative estimate of drug-likeness (QED) is 0.0372. The van der Waals surface area contributed by atoms with Gasteiger partial charge in [-0.05, 0) is 44.9 Å². The van der Waals surface area contributed by atoms with Gasteiger partial charge in [-0.15, -0.1) is 0 Å². The molecule has 21 nitrogen and oxygen atoms in total. The second-order valence-corrected chi connectivity index (χ2v) is 13.8. The largest absolute Gasteiger partial charge is 0.481 e. The van der Waals surface area contributed by atoms with Crippen LogP contribution in [0, 0.1) is 0 Å². The summed E-state index contributed by atoms with van der Waals surface area (Å²) >= 11 is 0. The van der Waals surface area contributed by atoms with Crippen LogP contribution in [0.5, 0.6) is 0 Å². The first kappa shape index (κ1) is 42.8. The Hall–Kier alpha value is -5.57. The number of amides is 3. The highest BCUT2D eigenvalue weighted by Crippen LogP contribution is 2.24. The van der Waals surface area contributed by atoms with Gasteiger partial charge < -0.3 is 51.7 Å². The van der Waals surface area contributed by atoms with Crippen LogP contribution in [-0.2, 0) is 54.9 Å². The van der Waals surface area contributed by atoms with E-state index in [0.717, 1.165) is 11.6 Å². The van der Waals surface area contributed by atoms with E-state index in [1.165, 1.54) is 0 Å². The Morgan fingerprint density at radius 3 is 1.76 bits per heavy atom. The number of unbranched alkanes of at least 4 members (excludes halogenated alkanes) is 2. The van der Waals surface area contributed by atoms with Crippen molar-refractivity contribution in [3.63, 3.8) is 0 Å². The van der Waals surface area contributed by atoms with Crippen molar-refractivity contribution in [1.82, 2.24) is 25.1 Å². The maximum Gasteiger partial charge on any atom is 0.346 e. The maximum absolute atomic E-state index is 12.7. The van der Waals surface area contributed by atoms with Gasteiger partial charge in [-0.3, -0.25) is 9.59 Å². The third kappa shape index (κ3) is 12.5. The van der Waals surface area contributed by atoms with Gasteiger partial charge in [0.05, 0.1) is 19.6 Å². The van der Waals surface area contributed by atoms with Crippen LogP contribution in [0.15, 0.2) is 24.8 Å². The smallest absolute Gasteiger partial charge is 0.346 e. The molecule has 54 heavy (non-hydrogen) atoms. The van der Waals surface area contributed by atoms with Crippen molar-refractivity contribution in [2.45, 2.75) is 109 Å². The number of hydrogen-bond acceptors (Lipinski definition) is 8. The predicted molar refractivity (Wildman–Crippen MR) is 183 cm³/mol. The lowest BCUT2D eigenvalue weighted by atomic mass is 10.1. The number of rotatable bonds is 22. The van der Waals surface area contributed by atoms with E-state index in [1.54, 1.807) is 21.5 Å². The van der Waals surface area contributed by atoms with Crippen molar-refractivity contribution in [3.8, 4) is 0 Å². The molecule has 21 heteroatoms. The van der Waals surface area contributed by atoms with Crippen LogP contribution in [0.3, 0.4) is 0 Å². The zero-order valence-electron chi connectivity index (χ0n) is 30.4. The van der Waals surface area contributed by atoms with Gasteiger partial charge in [0.15, 0.2) is 26.2 Å². The van der Waals surface area contributed by atoms with E-state index in [1.807, 2.05) is 35.5 Å². The molecule has 3 atom stereocenters. The Labute approximate surface area is 310 Å². The molecular formula is C33H52N9O12+3. The van der Waals surface area contributed by atoms with Crippen molar-refractivity contribution in [3.05, 3.63) is 36.4 Å². The number of fused-ring (bicyclic) bond motifs is 2. The predicted octanol–water partition coefficient (Wildman–Crippen LogP) is -1.58. The van der Waals surface area contributed by atoms with Gasteiger partial charge in [-0.1, -0.05) is 0 Å². The standard InChI is InChI=1S/C33H49N9O12/c1-21-40-14-12-38(17-28(45)46)25(40)19-42(2,20-26-39(18-29(47)48)13-15-41(21)26)16-6-4-7-22(34)30(49)35-11-5-3-8-23(31(50)51)36-33(54)37-24(32(52)53)9-10-27(43)44/h12-15,21-24H,3-11,16-20,34H2,1-2H3,(H5-3,35,36,37,43,44,45,46,47,48,49,50,51,52,53,54)/p+3. The fourth-order valence-electron chi connectivity index (χ4n) is 6.53. The number of imidazole rings is 2. The number of nitrogens with two attached hydrogens (primary N) is 1. The molecule has 0 fully saturated rings. The van der Waals surface area contributed by atoms with Crippen LogP contribution >= 0.6 is 0 Å². The van der Waals surface area contributed by atoms with Crippen LogP contribution < -0.4 is 30.8 Å². The van der Waals surface area contributed by atoms with E-state index in [-0.39, 0.29) is 51.0 Å². The van der Waals surface area contributed by atoms with Crippen LogP contribution in [-0.4, -0.2) is 119 Å². The summed E-state index contributed by atoms with van der Waals surface area (Å²) in [5.41, 5.74) is 6.17. The number of nitrogens with one attached hydrogen (secondary N) is 3. The summed E-state index contributed by atoms with van der Waals surface area (Å²) in [5.74, 6) is -4.78. The number of carboxylic acid groups (broad SMARTS) is 5. The maximum atomic E-state index is 12.7. The van der Waals surface area contributed by atoms with Crippen LogP contribution in [0.25, 0.3) is 0 Å². The van der Waals surface area contributed by atoms with Gasteiger partial charge >= 0.3 is 47.5 Å². The summed E-state index contributed by atoms with van der Waals surface area (Å²) in [6.45, 7) is 3.29. The van der Waals surface area contributed by atoms with E-state index in [9.17, 15) is 54.0 Å². The number of carbonyl (C=O) groups excluding carboxylic acids is 2. The topological polar surface area (TPSA) is 300 Å². The van der Waals surface area contributed by atoms with Crippen molar-refractivity contribution >= 4 is 41.8 Å².